The molecule has 0 aromatic carbocycles. The van der Waals surface area contributed by atoms with E-state index in [0.29, 0.717) is 36.1 Å². The van der Waals surface area contributed by atoms with E-state index in [2.05, 4.69) is 219 Å². The quantitative estimate of drug-likeness (QED) is 0.0357. The SMILES string of the molecule is CCCCCCCCC(CCCCCC)CN1C(=O)C2=C(c3ccc(-c4cc(CCC)c(C(C)(C)C(C)(C)c5ccc(-c6cc(CCCCCC)c(-c7sc(C(C)(C)C)cc7CCC)s6)s5)s4)s3)N(CC(CCCCCC)CCCCCCCC)C(=O)C2=C1c1ccc(-c2cc(CCC)c(-c3ccc(C(C)(C)C)s3)s2)s1. The fraction of sp³-hybridized carbons (Fsp3) is 0.616. The van der Waals surface area contributed by atoms with Gasteiger partial charge in [0.25, 0.3) is 11.8 Å². The first-order valence-corrected chi connectivity index (χ1v) is 51.0. The Morgan fingerprint density at radius 2 is 0.640 bits per heavy atom. The van der Waals surface area contributed by atoms with E-state index in [9.17, 15) is 0 Å². The Balaban J connectivity index is 1.07. The smallest absolute Gasteiger partial charge is 0.261 e. The zero-order valence-corrected chi connectivity index (χ0v) is 78.8. The lowest BCUT2D eigenvalue weighted by atomic mass is 9.65. The topological polar surface area (TPSA) is 40.6 Å². The molecule has 0 saturated carbocycles. The number of carbonyl (C=O) groups is 2. The van der Waals surface area contributed by atoms with Gasteiger partial charge in [0.1, 0.15) is 0 Å². The van der Waals surface area contributed by atoms with Crippen molar-refractivity contribution >= 4 is 114 Å². The van der Waals surface area contributed by atoms with Crippen molar-refractivity contribution in [3.8, 4) is 48.8 Å². The van der Waals surface area contributed by atoms with E-state index in [1.54, 1.807) is 11.3 Å². The summed E-state index contributed by atoms with van der Waals surface area (Å²) in [5, 5.41) is 0. The summed E-state index contributed by atoms with van der Waals surface area (Å²) in [5.41, 5.74) is 8.79. The zero-order valence-electron chi connectivity index (χ0n) is 72.2. The van der Waals surface area contributed by atoms with Gasteiger partial charge in [0, 0.05) is 92.2 Å². The van der Waals surface area contributed by atoms with Crippen LogP contribution in [-0.4, -0.2) is 34.7 Å². The third-order valence-corrected chi connectivity index (χ3v) is 35.8. The van der Waals surface area contributed by atoms with Crippen LogP contribution in [0.2, 0.25) is 0 Å². The Hall–Kier alpha value is -3.98. The molecular formula is C99H142N2O2S8. The molecule has 12 heteroatoms. The minimum absolute atomic E-state index is 0.0358. The first-order valence-electron chi connectivity index (χ1n) is 44.4. The number of amides is 2. The molecule has 0 fully saturated rings. The van der Waals surface area contributed by atoms with Crippen LogP contribution in [0.15, 0.2) is 83.9 Å². The van der Waals surface area contributed by atoms with Crippen LogP contribution in [-0.2, 0) is 56.9 Å². The number of hydrogen-bond donors (Lipinski definition) is 0. The van der Waals surface area contributed by atoms with Gasteiger partial charge in [-0.1, -0.05) is 292 Å². The molecule has 2 amide bonds. The molecule has 8 aromatic rings. The average Bonchev–Trinajstić information content (AvgIpc) is 1.55. The maximum Gasteiger partial charge on any atom is 0.261 e. The highest BCUT2D eigenvalue weighted by molar-refractivity contribution is 7.28. The van der Waals surface area contributed by atoms with E-state index in [1.165, 1.54) is 245 Å². The molecule has 10 heterocycles. The molecule has 8 aromatic heterocycles. The van der Waals surface area contributed by atoms with Gasteiger partial charge in [-0.15, -0.1) is 90.7 Å². The van der Waals surface area contributed by atoms with Gasteiger partial charge in [-0.25, -0.2) is 0 Å². The summed E-state index contributed by atoms with van der Waals surface area (Å²) in [6.07, 6.45) is 41.8. The molecule has 2 aliphatic rings. The van der Waals surface area contributed by atoms with E-state index in [0.717, 1.165) is 91.8 Å². The van der Waals surface area contributed by atoms with Crippen LogP contribution in [0.5, 0.6) is 0 Å². The predicted molar refractivity (Wildman–Crippen MR) is 501 cm³/mol. The van der Waals surface area contributed by atoms with E-state index in [4.69, 9.17) is 0 Å². The lowest BCUT2D eigenvalue weighted by Gasteiger charge is -2.41. The molecular weight excluding hydrogens is 1510 g/mol. The standard InChI is InChI=1S/C99H142N2O2S8/c1-19-27-32-37-39-43-51-68(49-41-34-29-21-3)66-100-88(77-56-54-74(104-77)80-62-70(46-24-6)90(108-80)79-59-60-83(107-79)96(9,10)11)86-87(95(100)103)89(101(94(86)102)67-69(50-42-35-30-22-4)52-44-40-38-33-28-20-2)78-57-55-75(105-78)82-64-73(48-26-8)93(110-82)99(17,18)98(15,16)84-61-58-76(106-84)81-63-72(53-45-36-31-23-5)91(109-81)92-71(47-25-7)65-85(111-92)97(12,13)14/h54-65,68-69H,19-53,66-67H2,1-18H3. The second-order valence-corrected chi connectivity index (χ2v) is 44.7. The number of hydrogen-bond acceptors (Lipinski definition) is 10. The molecule has 0 spiro atoms. The molecule has 0 radical (unpaired) electrons. The predicted octanol–water partition coefficient (Wildman–Crippen LogP) is 33.8. The van der Waals surface area contributed by atoms with Crippen molar-refractivity contribution in [1.82, 2.24) is 9.80 Å². The summed E-state index contributed by atoms with van der Waals surface area (Å²) < 4.78 is 0. The van der Waals surface area contributed by atoms with Crippen LogP contribution in [0.4, 0.5) is 0 Å². The van der Waals surface area contributed by atoms with Crippen molar-refractivity contribution in [3.63, 3.8) is 0 Å². The molecule has 0 bridgehead atoms. The Bertz CT molecular complexity index is 4300. The minimum atomic E-state index is -0.214. The van der Waals surface area contributed by atoms with Gasteiger partial charge < -0.3 is 9.80 Å². The molecule has 608 valence electrons. The number of aryl methyl sites for hydroxylation is 4. The van der Waals surface area contributed by atoms with Gasteiger partial charge in [-0.05, 0) is 176 Å². The van der Waals surface area contributed by atoms with Crippen LogP contribution in [0.3, 0.4) is 0 Å². The van der Waals surface area contributed by atoms with Gasteiger partial charge in [-0.3, -0.25) is 9.59 Å². The van der Waals surface area contributed by atoms with Crippen LogP contribution in [0.1, 0.15) is 375 Å². The normalized spacial score (nSPS) is 14.5. The number of carbonyl (C=O) groups excluding carboxylic acids is 2. The van der Waals surface area contributed by atoms with E-state index >= 15 is 9.59 Å². The van der Waals surface area contributed by atoms with Gasteiger partial charge in [0.15, 0.2) is 0 Å². The maximum atomic E-state index is 16.7. The van der Waals surface area contributed by atoms with Crippen molar-refractivity contribution in [2.75, 3.05) is 13.1 Å². The van der Waals surface area contributed by atoms with E-state index < -0.39 is 0 Å². The molecule has 2 aliphatic heterocycles. The van der Waals surface area contributed by atoms with Crippen molar-refractivity contribution in [2.45, 2.75) is 371 Å². The summed E-state index contributed by atoms with van der Waals surface area (Å²) in [6.45, 7) is 44.0. The first-order chi connectivity index (χ1) is 53.3. The maximum absolute atomic E-state index is 16.7. The second kappa shape index (κ2) is 41.9. The molecule has 2 unspecified atom stereocenters. The molecule has 10 rings (SSSR count). The molecule has 2 atom stereocenters. The van der Waals surface area contributed by atoms with Gasteiger partial charge >= 0.3 is 0 Å². The Kier molecular flexibility index (Phi) is 33.7. The van der Waals surface area contributed by atoms with Crippen molar-refractivity contribution < 1.29 is 9.59 Å². The number of nitrogens with zero attached hydrogens (tertiary/aromatic N) is 2. The third kappa shape index (κ3) is 22.1. The summed E-state index contributed by atoms with van der Waals surface area (Å²) in [4.78, 5) is 59.3. The Morgan fingerprint density at radius 1 is 0.288 bits per heavy atom. The van der Waals surface area contributed by atoms with Gasteiger partial charge in [-0.2, -0.15) is 0 Å². The number of unbranched alkanes of at least 4 members (excludes halogenated alkanes) is 19. The number of fused-ring (bicyclic) bond motifs is 1. The minimum Gasteiger partial charge on any atom is -0.306 e. The Labute approximate surface area is 707 Å². The van der Waals surface area contributed by atoms with E-state index in [-0.39, 0.29) is 33.5 Å². The fourth-order valence-corrected chi connectivity index (χ4v) is 27.1. The lowest BCUT2D eigenvalue weighted by Crippen LogP contribution is -2.39. The monoisotopic (exact) mass is 1650 g/mol. The second-order valence-electron chi connectivity index (χ2n) is 36.1. The highest BCUT2D eigenvalue weighted by Gasteiger charge is 2.51. The van der Waals surface area contributed by atoms with E-state index in [1.807, 2.05) is 68.0 Å². The third-order valence-electron chi connectivity index (χ3n) is 24.3. The number of thiophene rings is 8. The summed E-state index contributed by atoms with van der Waals surface area (Å²) in [5.74, 6) is 0.745. The van der Waals surface area contributed by atoms with Gasteiger partial charge in [0.05, 0.1) is 32.3 Å². The van der Waals surface area contributed by atoms with Crippen molar-refractivity contribution in [3.05, 3.63) is 135 Å². The van der Waals surface area contributed by atoms with Gasteiger partial charge in [0.2, 0.25) is 0 Å². The summed E-state index contributed by atoms with van der Waals surface area (Å²) in [6, 6.07) is 29.0. The van der Waals surface area contributed by atoms with Crippen LogP contribution >= 0.6 is 90.7 Å². The van der Waals surface area contributed by atoms with Crippen molar-refractivity contribution in [1.29, 1.82) is 0 Å². The first kappa shape index (κ1) is 89.4. The average molecular weight is 1650 g/mol. The highest BCUT2D eigenvalue weighted by Crippen LogP contribution is 2.57. The lowest BCUT2D eigenvalue weighted by molar-refractivity contribution is -0.124. The molecule has 111 heavy (non-hydrogen) atoms. The molecule has 0 saturated heterocycles. The largest absolute Gasteiger partial charge is 0.306 e. The fourth-order valence-electron chi connectivity index (χ4n) is 16.9. The highest BCUT2D eigenvalue weighted by atomic mass is 32.1. The zero-order chi connectivity index (χ0) is 79.6. The van der Waals surface area contributed by atoms with Crippen LogP contribution in [0.25, 0.3) is 60.2 Å². The molecule has 4 nitrogen and oxygen atoms in total. The van der Waals surface area contributed by atoms with Crippen LogP contribution < -0.4 is 0 Å². The molecule has 0 N–H and O–H groups in total. The summed E-state index contributed by atoms with van der Waals surface area (Å²) in [7, 11) is 0. The number of rotatable bonds is 49. The summed E-state index contributed by atoms with van der Waals surface area (Å²) >= 11 is 15.6. The van der Waals surface area contributed by atoms with Crippen molar-refractivity contribution in [2.24, 2.45) is 11.8 Å². The van der Waals surface area contributed by atoms with Crippen LogP contribution in [0, 0.1) is 11.8 Å². The molecule has 0 aliphatic carbocycles. The Morgan fingerprint density at radius 3 is 1.11 bits per heavy atom.